The van der Waals surface area contributed by atoms with Crippen LogP contribution >= 0.6 is 11.6 Å². The first-order valence-electron chi connectivity index (χ1n) is 4.79. The van der Waals surface area contributed by atoms with Gasteiger partial charge in [-0.1, -0.05) is 11.6 Å². The number of aromatic nitrogens is 2. The van der Waals surface area contributed by atoms with Crippen molar-refractivity contribution in [1.29, 1.82) is 0 Å². The van der Waals surface area contributed by atoms with Crippen molar-refractivity contribution < 1.29 is 22.0 Å². The molecule has 0 aliphatic heterocycles. The maximum Gasteiger partial charge on any atom is 0.334 e. The van der Waals surface area contributed by atoms with Crippen LogP contribution in [-0.4, -0.2) is 9.55 Å². The summed E-state index contributed by atoms with van der Waals surface area (Å²) in [6.07, 6.45) is 0. The van der Waals surface area contributed by atoms with Crippen molar-refractivity contribution >= 4 is 11.6 Å². The van der Waals surface area contributed by atoms with E-state index in [1.807, 2.05) is 0 Å². The number of halogens is 6. The molecule has 4 nitrogen and oxygen atoms in total. The molecule has 1 N–H and O–H groups in total. The van der Waals surface area contributed by atoms with Crippen LogP contribution in [0.3, 0.4) is 0 Å². The maximum absolute atomic E-state index is 13.5. The molecule has 10 heteroatoms. The third kappa shape index (κ3) is 1.99. The summed E-state index contributed by atoms with van der Waals surface area (Å²) in [5, 5.41) is -1.01. The lowest BCUT2D eigenvalue weighted by molar-refractivity contribution is 0.443. The van der Waals surface area contributed by atoms with Crippen LogP contribution in [0.25, 0.3) is 5.69 Å². The van der Waals surface area contributed by atoms with Crippen molar-refractivity contribution in [2.45, 2.75) is 0 Å². The number of hydrogen-bond donors (Lipinski definition) is 1. The summed E-state index contributed by atoms with van der Waals surface area (Å²) in [5.41, 5.74) is -5.10. The minimum absolute atomic E-state index is 0.125. The van der Waals surface area contributed by atoms with E-state index < -0.39 is 55.7 Å². The Balaban J connectivity index is 3.01. The Hall–Kier alpha value is -2.16. The highest BCUT2D eigenvalue weighted by Gasteiger charge is 2.25. The smallest absolute Gasteiger partial charge is 0.295 e. The molecule has 0 fully saturated rings. The molecule has 1 aromatic carbocycles. The minimum Gasteiger partial charge on any atom is -0.295 e. The highest BCUT2D eigenvalue weighted by Crippen LogP contribution is 2.21. The number of hydrogen-bond acceptors (Lipinski definition) is 2. The Morgan fingerprint density at radius 1 is 0.950 bits per heavy atom. The average molecular weight is 313 g/mol. The van der Waals surface area contributed by atoms with Crippen molar-refractivity contribution in [3.05, 3.63) is 61.1 Å². The number of aromatic amines is 1. The molecule has 0 spiro atoms. The molecule has 0 saturated carbocycles. The Bertz CT molecular complexity index is 804. The molecule has 0 bridgehead atoms. The van der Waals surface area contributed by atoms with Crippen LogP contribution in [0.4, 0.5) is 22.0 Å². The predicted molar refractivity (Wildman–Crippen MR) is 57.5 cm³/mol. The second kappa shape index (κ2) is 4.75. The SMILES string of the molecule is O=c1[nH]c(Cl)c(F)c(=O)n1-c1c(F)c(F)cc(F)c1F. The van der Waals surface area contributed by atoms with E-state index in [-0.39, 0.29) is 6.07 Å². The number of H-pyrrole nitrogens is 1. The molecule has 2 rings (SSSR count). The zero-order valence-electron chi connectivity index (χ0n) is 9.11. The van der Waals surface area contributed by atoms with Gasteiger partial charge in [0.05, 0.1) is 0 Å². The van der Waals surface area contributed by atoms with Gasteiger partial charge in [-0.15, -0.1) is 0 Å². The van der Waals surface area contributed by atoms with Crippen LogP contribution in [0, 0.1) is 29.1 Å². The molecule has 0 unspecified atom stereocenters. The van der Waals surface area contributed by atoms with Gasteiger partial charge < -0.3 is 0 Å². The Morgan fingerprint density at radius 2 is 1.45 bits per heavy atom. The molecule has 1 aromatic heterocycles. The summed E-state index contributed by atoms with van der Waals surface area (Å²) >= 11 is 5.14. The predicted octanol–water partition coefficient (Wildman–Crippen LogP) is 1.87. The second-order valence-electron chi connectivity index (χ2n) is 3.52. The lowest BCUT2D eigenvalue weighted by atomic mass is 10.2. The molecular weight excluding hydrogens is 311 g/mol. The monoisotopic (exact) mass is 312 g/mol. The lowest BCUT2D eigenvalue weighted by Crippen LogP contribution is -2.37. The molecule has 1 heterocycles. The van der Waals surface area contributed by atoms with Gasteiger partial charge in [-0.05, 0) is 0 Å². The summed E-state index contributed by atoms with van der Waals surface area (Å²) in [5.74, 6) is -9.52. The molecule has 0 aliphatic carbocycles. The zero-order chi connectivity index (χ0) is 15.2. The third-order valence-corrected chi connectivity index (χ3v) is 2.58. The van der Waals surface area contributed by atoms with E-state index in [1.54, 1.807) is 4.98 Å². The Kier molecular flexibility index (Phi) is 3.38. The molecule has 0 amide bonds. The van der Waals surface area contributed by atoms with Crippen LogP contribution in [-0.2, 0) is 0 Å². The van der Waals surface area contributed by atoms with E-state index in [2.05, 4.69) is 0 Å². The third-order valence-electron chi connectivity index (χ3n) is 2.32. The van der Waals surface area contributed by atoms with Gasteiger partial charge in [0, 0.05) is 6.07 Å². The van der Waals surface area contributed by atoms with E-state index in [9.17, 15) is 31.5 Å². The quantitative estimate of drug-likeness (QED) is 0.496. The normalized spacial score (nSPS) is 10.9. The number of rotatable bonds is 1. The molecule has 20 heavy (non-hydrogen) atoms. The fourth-order valence-electron chi connectivity index (χ4n) is 1.45. The van der Waals surface area contributed by atoms with Crippen LogP contribution in [0.1, 0.15) is 0 Å². The van der Waals surface area contributed by atoms with E-state index >= 15 is 0 Å². The summed E-state index contributed by atoms with van der Waals surface area (Å²) in [6, 6.07) is -0.125. The first-order valence-corrected chi connectivity index (χ1v) is 5.17. The van der Waals surface area contributed by atoms with Gasteiger partial charge in [0.15, 0.2) is 28.4 Å². The van der Waals surface area contributed by atoms with Gasteiger partial charge in [-0.3, -0.25) is 9.78 Å². The van der Waals surface area contributed by atoms with Gasteiger partial charge in [0.2, 0.25) is 5.82 Å². The van der Waals surface area contributed by atoms with E-state index in [0.29, 0.717) is 0 Å². The Labute approximate surface area is 111 Å². The number of nitrogens with one attached hydrogen (secondary N) is 1. The minimum atomic E-state index is -2.03. The summed E-state index contributed by atoms with van der Waals surface area (Å²) < 4.78 is 65.8. The zero-order valence-corrected chi connectivity index (χ0v) is 9.86. The fourth-order valence-corrected chi connectivity index (χ4v) is 1.61. The van der Waals surface area contributed by atoms with Gasteiger partial charge in [-0.2, -0.15) is 4.39 Å². The highest BCUT2D eigenvalue weighted by molar-refractivity contribution is 6.29. The van der Waals surface area contributed by atoms with Gasteiger partial charge in [-0.25, -0.2) is 26.9 Å². The van der Waals surface area contributed by atoms with Crippen LogP contribution in [0.5, 0.6) is 0 Å². The first kappa shape index (κ1) is 14.3. The summed E-state index contributed by atoms with van der Waals surface area (Å²) in [7, 11) is 0. The van der Waals surface area contributed by atoms with Crippen LogP contribution < -0.4 is 11.2 Å². The van der Waals surface area contributed by atoms with E-state index in [4.69, 9.17) is 11.6 Å². The van der Waals surface area contributed by atoms with E-state index in [0.717, 1.165) is 0 Å². The Morgan fingerprint density at radius 3 is 1.95 bits per heavy atom. The standard InChI is InChI=1S/C10H2ClF5N2O2/c11-8-6(16)9(19)18(10(20)17-8)7-4(14)2(12)1-3(13)5(7)15/h1H,(H,17,20). The number of benzene rings is 1. The largest absolute Gasteiger partial charge is 0.334 e. The molecule has 0 aliphatic rings. The fraction of sp³-hybridized carbons (Fsp3) is 0. The van der Waals surface area contributed by atoms with Crippen molar-refractivity contribution in [1.82, 2.24) is 9.55 Å². The maximum atomic E-state index is 13.5. The van der Waals surface area contributed by atoms with Crippen molar-refractivity contribution in [2.24, 2.45) is 0 Å². The topological polar surface area (TPSA) is 54.9 Å². The van der Waals surface area contributed by atoms with Gasteiger partial charge in [0.1, 0.15) is 5.69 Å². The van der Waals surface area contributed by atoms with Crippen molar-refractivity contribution in [3.8, 4) is 5.69 Å². The van der Waals surface area contributed by atoms with Gasteiger partial charge >= 0.3 is 5.69 Å². The summed E-state index contributed by atoms with van der Waals surface area (Å²) in [6.45, 7) is 0. The average Bonchev–Trinajstić information content (AvgIpc) is 2.38. The van der Waals surface area contributed by atoms with Crippen molar-refractivity contribution in [3.63, 3.8) is 0 Å². The highest BCUT2D eigenvalue weighted by atomic mass is 35.5. The second-order valence-corrected chi connectivity index (χ2v) is 3.89. The molecule has 0 saturated heterocycles. The molecule has 106 valence electrons. The number of nitrogens with zero attached hydrogens (tertiary/aromatic N) is 1. The molecule has 0 radical (unpaired) electrons. The molecule has 0 atom stereocenters. The first-order chi connectivity index (χ1) is 9.25. The van der Waals surface area contributed by atoms with Crippen LogP contribution in [0.15, 0.2) is 15.7 Å². The summed E-state index contributed by atoms with van der Waals surface area (Å²) in [4.78, 5) is 24.4. The lowest BCUT2D eigenvalue weighted by Gasteiger charge is -2.09. The van der Waals surface area contributed by atoms with Gasteiger partial charge in [0.25, 0.3) is 5.56 Å². The van der Waals surface area contributed by atoms with Crippen LogP contribution in [0.2, 0.25) is 5.15 Å². The van der Waals surface area contributed by atoms with Crippen molar-refractivity contribution in [2.75, 3.05) is 0 Å². The molecule has 2 aromatic rings. The van der Waals surface area contributed by atoms with E-state index in [1.165, 1.54) is 0 Å². The molecular formula is C10H2ClF5N2O2.